The number of hydrogen-bond donors (Lipinski definition) is 3. The first-order valence-corrected chi connectivity index (χ1v) is 14.7. The molecular weight excluding hydrogens is 476 g/mol. The predicted molar refractivity (Wildman–Crippen MR) is 153 cm³/mol. The lowest BCUT2D eigenvalue weighted by Gasteiger charge is -2.20. The summed E-state index contributed by atoms with van der Waals surface area (Å²) in [4.78, 5) is 4.68. The molecule has 2 heterocycles. The molecule has 4 rings (SSSR count). The van der Waals surface area contributed by atoms with E-state index in [2.05, 4.69) is 35.8 Å². The lowest BCUT2D eigenvalue weighted by Crippen LogP contribution is -2.33. The first-order chi connectivity index (χ1) is 18.5. The Morgan fingerprint density at radius 2 is 2.08 bits per heavy atom. The fraction of sp³-hybridized carbons (Fsp3) is 0.594. The number of rotatable bonds is 16. The summed E-state index contributed by atoms with van der Waals surface area (Å²) in [6.45, 7) is 5.97. The molecule has 1 fully saturated rings. The molecule has 38 heavy (non-hydrogen) atoms. The fourth-order valence-electron chi connectivity index (χ4n) is 5.68. The monoisotopic (exact) mass is 522 g/mol. The van der Waals surface area contributed by atoms with Crippen LogP contribution in [-0.4, -0.2) is 48.3 Å². The smallest absolute Gasteiger partial charge is 0.176 e. The number of nitrogens with one attached hydrogen (secondary N) is 1. The SMILES string of the molecule is CCCCC1[CH-]C=C(CCc2ccc(O)c(OCC[C+]3C=C(C(CNCC(C)O)C4CCCC4)C=N3)c2)O1. The van der Waals surface area contributed by atoms with Gasteiger partial charge in [0, 0.05) is 19.2 Å². The van der Waals surface area contributed by atoms with Crippen LogP contribution in [0.3, 0.4) is 0 Å². The van der Waals surface area contributed by atoms with E-state index < -0.39 is 0 Å². The molecule has 3 N–H and O–H groups in total. The number of aliphatic hydroxyl groups is 1. The molecule has 3 atom stereocenters. The summed E-state index contributed by atoms with van der Waals surface area (Å²) in [5.74, 6) is 2.83. The molecule has 1 aromatic carbocycles. The van der Waals surface area contributed by atoms with Gasteiger partial charge in [-0.15, -0.1) is 4.99 Å². The minimum atomic E-state index is -0.339. The average molecular weight is 523 g/mol. The Hall–Kier alpha value is -2.57. The Labute approximate surface area is 229 Å². The van der Waals surface area contributed by atoms with Crippen molar-refractivity contribution in [2.24, 2.45) is 16.8 Å². The van der Waals surface area contributed by atoms with Crippen LogP contribution in [0.25, 0.3) is 0 Å². The molecule has 3 aliphatic rings. The van der Waals surface area contributed by atoms with Crippen LogP contribution >= 0.6 is 0 Å². The number of aryl methyl sites for hydroxylation is 1. The zero-order valence-corrected chi connectivity index (χ0v) is 23.2. The summed E-state index contributed by atoms with van der Waals surface area (Å²) in [7, 11) is 0. The van der Waals surface area contributed by atoms with Crippen LogP contribution in [0, 0.1) is 24.3 Å². The highest BCUT2D eigenvalue weighted by Gasteiger charge is 2.35. The van der Waals surface area contributed by atoms with Crippen LogP contribution in [0.4, 0.5) is 0 Å². The van der Waals surface area contributed by atoms with Crippen LogP contribution in [-0.2, 0) is 11.2 Å². The van der Waals surface area contributed by atoms with Gasteiger partial charge in [0.2, 0.25) is 0 Å². The Morgan fingerprint density at radius 1 is 1.24 bits per heavy atom. The van der Waals surface area contributed by atoms with Crippen molar-refractivity contribution in [2.75, 3.05) is 19.7 Å². The normalized spacial score (nSPS) is 20.7. The minimum Gasteiger partial charge on any atom is -0.592 e. The minimum absolute atomic E-state index is 0.166. The van der Waals surface area contributed by atoms with Crippen LogP contribution in [0.5, 0.6) is 11.5 Å². The average Bonchev–Trinajstić information content (AvgIpc) is 3.68. The number of phenolic OH excluding ortho intramolecular Hbond substituents is 1. The topological polar surface area (TPSA) is 83.3 Å². The van der Waals surface area contributed by atoms with Crippen molar-refractivity contribution in [1.29, 1.82) is 0 Å². The number of ether oxygens (including phenoxy) is 2. The van der Waals surface area contributed by atoms with Gasteiger partial charge in [0.05, 0.1) is 24.5 Å². The third-order valence-corrected chi connectivity index (χ3v) is 7.86. The van der Waals surface area contributed by atoms with E-state index in [1.807, 2.05) is 25.3 Å². The molecule has 6 heteroatoms. The van der Waals surface area contributed by atoms with Gasteiger partial charge < -0.3 is 25.0 Å². The van der Waals surface area contributed by atoms with Gasteiger partial charge in [-0.25, -0.2) is 0 Å². The second-order valence-electron chi connectivity index (χ2n) is 11.1. The molecule has 1 saturated carbocycles. The van der Waals surface area contributed by atoms with Gasteiger partial charge in [0.15, 0.2) is 23.8 Å². The van der Waals surface area contributed by atoms with Gasteiger partial charge in [-0.3, -0.25) is 0 Å². The van der Waals surface area contributed by atoms with E-state index in [0.29, 0.717) is 37.2 Å². The summed E-state index contributed by atoms with van der Waals surface area (Å²) < 4.78 is 12.0. The van der Waals surface area contributed by atoms with Crippen LogP contribution < -0.4 is 10.1 Å². The van der Waals surface area contributed by atoms with Crippen molar-refractivity contribution >= 4 is 6.21 Å². The van der Waals surface area contributed by atoms with Crippen molar-refractivity contribution < 1.29 is 19.7 Å². The second kappa shape index (κ2) is 14.5. The molecule has 2 aliphatic heterocycles. The number of unbranched alkanes of at least 4 members (excludes halogenated alkanes) is 1. The maximum Gasteiger partial charge on any atom is 0.176 e. The number of nitrogens with zero attached hydrogens (tertiary/aromatic N) is 1. The number of aliphatic imine (C=N–C) groups is 1. The maximum absolute atomic E-state index is 10.3. The lowest BCUT2D eigenvalue weighted by atomic mass is 9.84. The van der Waals surface area contributed by atoms with Gasteiger partial charge in [0.25, 0.3) is 0 Å². The zero-order valence-electron chi connectivity index (χ0n) is 23.2. The van der Waals surface area contributed by atoms with E-state index in [0.717, 1.165) is 43.2 Å². The number of allylic oxidation sites excluding steroid dienone is 1. The molecule has 208 valence electrons. The van der Waals surface area contributed by atoms with Crippen LogP contribution in [0.15, 0.2) is 46.7 Å². The van der Waals surface area contributed by atoms with Crippen molar-refractivity contribution in [3.63, 3.8) is 0 Å². The van der Waals surface area contributed by atoms with E-state index >= 15 is 0 Å². The first kappa shape index (κ1) is 28.4. The van der Waals surface area contributed by atoms with Gasteiger partial charge in [-0.05, 0) is 56.2 Å². The largest absolute Gasteiger partial charge is 0.592 e. The molecule has 3 unspecified atom stereocenters. The van der Waals surface area contributed by atoms with Crippen LogP contribution in [0.1, 0.15) is 77.2 Å². The molecule has 0 saturated heterocycles. The van der Waals surface area contributed by atoms with Crippen LogP contribution in [0.2, 0.25) is 0 Å². The summed E-state index contributed by atoms with van der Waals surface area (Å²) in [5.41, 5.74) is 2.41. The standard InChI is InChI=1S/C32H46N2O4/c1-3-4-9-28-13-14-29(38-28)12-10-24-11-15-31(36)32(18-24)37-17-16-27-19-26(21-34-27)30(22-33-20-23(2)35)25-7-5-6-8-25/h11,13-15,18-19,21,23,25,28,30,33,35-36H,3-10,12,16-17,20,22H2,1-2H3. The molecular formula is C32H46N2O4. The molecule has 6 nitrogen and oxygen atoms in total. The second-order valence-corrected chi connectivity index (χ2v) is 11.1. The summed E-state index contributed by atoms with van der Waals surface area (Å²) >= 11 is 0. The first-order valence-electron chi connectivity index (χ1n) is 14.7. The highest BCUT2D eigenvalue weighted by atomic mass is 16.5. The maximum atomic E-state index is 10.3. The zero-order chi connectivity index (χ0) is 26.7. The van der Waals surface area contributed by atoms with E-state index in [1.54, 1.807) is 6.07 Å². The Bertz CT molecular complexity index is 964. The molecule has 1 aromatic rings. The van der Waals surface area contributed by atoms with Gasteiger partial charge in [-0.2, -0.15) is 12.5 Å². The van der Waals surface area contributed by atoms with Crippen molar-refractivity contribution in [3.05, 3.63) is 59.7 Å². The highest BCUT2D eigenvalue weighted by Crippen LogP contribution is 2.37. The van der Waals surface area contributed by atoms with E-state index in [-0.39, 0.29) is 18.0 Å². The number of phenols is 1. The van der Waals surface area contributed by atoms with E-state index in [9.17, 15) is 10.2 Å². The molecule has 0 radical (unpaired) electrons. The number of benzene rings is 1. The Kier molecular flexibility index (Phi) is 10.9. The molecule has 0 amide bonds. The van der Waals surface area contributed by atoms with E-state index in [1.165, 1.54) is 44.1 Å². The van der Waals surface area contributed by atoms with Crippen molar-refractivity contribution in [2.45, 2.75) is 90.3 Å². The predicted octanol–water partition coefficient (Wildman–Crippen LogP) is 6.09. The van der Waals surface area contributed by atoms with Gasteiger partial charge in [-0.1, -0.05) is 50.9 Å². The number of aliphatic hydroxyl groups excluding tert-OH is 1. The fourth-order valence-corrected chi connectivity index (χ4v) is 5.68. The van der Waals surface area contributed by atoms with Crippen molar-refractivity contribution in [3.8, 4) is 11.5 Å². The molecule has 1 aliphatic carbocycles. The molecule has 0 bridgehead atoms. The third kappa shape index (κ3) is 8.47. The quantitative estimate of drug-likeness (QED) is 0.229. The number of hydrogen-bond acceptors (Lipinski definition) is 6. The Balaban J connectivity index is 1.24. The molecule has 0 spiro atoms. The Morgan fingerprint density at radius 3 is 2.87 bits per heavy atom. The lowest BCUT2D eigenvalue weighted by molar-refractivity contribution is 0.147. The van der Waals surface area contributed by atoms with Crippen molar-refractivity contribution in [1.82, 2.24) is 5.32 Å². The summed E-state index contributed by atoms with van der Waals surface area (Å²) in [6, 6.07) is 6.64. The summed E-state index contributed by atoms with van der Waals surface area (Å²) in [5, 5.41) is 23.4. The number of aromatic hydroxyl groups is 1. The summed E-state index contributed by atoms with van der Waals surface area (Å²) in [6.07, 6.45) is 19.4. The highest BCUT2D eigenvalue weighted by molar-refractivity contribution is 5.84. The molecule has 0 aromatic heterocycles. The van der Waals surface area contributed by atoms with E-state index in [4.69, 9.17) is 9.47 Å². The third-order valence-electron chi connectivity index (χ3n) is 7.86. The van der Waals surface area contributed by atoms with Gasteiger partial charge >= 0.3 is 0 Å². The van der Waals surface area contributed by atoms with Gasteiger partial charge in [0.1, 0.15) is 12.2 Å².